The topological polar surface area (TPSA) is 73.0 Å². The molecule has 0 unspecified atom stereocenters. The highest BCUT2D eigenvalue weighted by Crippen LogP contribution is 2.17. The summed E-state index contributed by atoms with van der Waals surface area (Å²) in [6.45, 7) is 0.155. The molecule has 0 saturated heterocycles. The maximum atomic E-state index is 13.1. The lowest BCUT2D eigenvalue weighted by molar-refractivity contribution is -0.131. The molecule has 0 aliphatic carbocycles. The molecule has 2 aromatic carbocycles. The fourth-order valence-corrected chi connectivity index (χ4v) is 3.25. The van der Waals surface area contributed by atoms with Crippen molar-refractivity contribution in [2.75, 3.05) is 7.05 Å². The highest BCUT2D eigenvalue weighted by atomic mass is 18.2. The van der Waals surface area contributed by atoms with Crippen molar-refractivity contribution in [2.45, 2.75) is 13.1 Å². The average molecular weight is 404 g/mol. The van der Waals surface area contributed by atoms with Crippen LogP contribution in [-0.4, -0.2) is 37.0 Å². The van der Waals surface area contributed by atoms with Gasteiger partial charge in [-0.2, -0.15) is 0 Å². The molecule has 152 valence electrons. The van der Waals surface area contributed by atoms with Crippen LogP contribution in [0.3, 0.4) is 0 Å². The zero-order valence-electron chi connectivity index (χ0n) is 16.6. The molecule has 0 bridgehead atoms. The van der Waals surface area contributed by atoms with Crippen molar-refractivity contribution in [1.82, 2.24) is 24.0 Å². The Morgan fingerprint density at radius 3 is 2.50 bits per heavy atom. The Morgan fingerprint density at radius 2 is 1.80 bits per heavy atom. The summed E-state index contributed by atoms with van der Waals surface area (Å²) in [5.41, 5.74) is 2.23. The van der Waals surface area contributed by atoms with Gasteiger partial charge in [-0.25, -0.2) is 19.2 Å². The van der Waals surface area contributed by atoms with Crippen LogP contribution in [0.4, 0.5) is 4.39 Å². The van der Waals surface area contributed by atoms with E-state index in [1.54, 1.807) is 32.4 Å². The van der Waals surface area contributed by atoms with Gasteiger partial charge >= 0.3 is 5.69 Å². The summed E-state index contributed by atoms with van der Waals surface area (Å²) in [7, 11) is 3.27. The lowest BCUT2D eigenvalue weighted by Crippen LogP contribution is -2.34. The van der Waals surface area contributed by atoms with Crippen molar-refractivity contribution >= 4 is 17.1 Å². The van der Waals surface area contributed by atoms with E-state index in [-0.39, 0.29) is 24.0 Å². The Kier molecular flexibility index (Phi) is 5.14. The predicted molar refractivity (Wildman–Crippen MR) is 111 cm³/mol. The second kappa shape index (κ2) is 7.90. The van der Waals surface area contributed by atoms with E-state index in [9.17, 15) is 14.0 Å². The predicted octanol–water partition coefficient (Wildman–Crippen LogP) is 2.59. The number of nitrogens with zero attached hydrogens (tertiary/aromatic N) is 5. The fourth-order valence-electron chi connectivity index (χ4n) is 3.25. The molecular weight excluding hydrogens is 384 g/mol. The molecule has 30 heavy (non-hydrogen) atoms. The summed E-state index contributed by atoms with van der Waals surface area (Å²) in [4.78, 5) is 35.9. The molecule has 0 N–H and O–H groups in total. The number of fused-ring (bicyclic) bond motifs is 1. The van der Waals surface area contributed by atoms with Crippen LogP contribution in [0.5, 0.6) is 0 Å². The lowest BCUT2D eigenvalue weighted by Gasteiger charge is -2.17. The van der Waals surface area contributed by atoms with E-state index in [0.717, 1.165) is 11.1 Å². The molecule has 0 spiro atoms. The Balaban J connectivity index is 1.64. The number of imidazole rings is 1. The molecule has 2 heterocycles. The molecule has 0 aliphatic rings. The Hall–Kier alpha value is -3.81. The van der Waals surface area contributed by atoms with Gasteiger partial charge in [0.1, 0.15) is 17.9 Å². The Bertz CT molecular complexity index is 1260. The smallest absolute Gasteiger partial charge is 0.330 e. The van der Waals surface area contributed by atoms with Gasteiger partial charge in [-0.1, -0.05) is 42.5 Å². The molecule has 0 aliphatic heterocycles. The molecule has 8 heteroatoms. The average Bonchev–Trinajstić information content (AvgIpc) is 3.00. The standard InChI is InChI=1S/C22H20FN5O2/c1-26(13-15-8-10-17(23)11-9-15)19(29)14-28-21-18(27(2)22(28)30)12-24-20(25-21)16-6-4-3-5-7-16/h3-12H,13-14H2,1-2H3/i23-1. The normalized spacial score (nSPS) is 11.0. The van der Waals surface area contributed by atoms with Crippen LogP contribution < -0.4 is 5.69 Å². The fraction of sp³-hybridized carbons (Fsp3) is 0.182. The minimum absolute atomic E-state index is 0.154. The van der Waals surface area contributed by atoms with Crippen molar-refractivity contribution in [3.63, 3.8) is 0 Å². The summed E-state index contributed by atoms with van der Waals surface area (Å²) in [5, 5.41) is 0. The maximum Gasteiger partial charge on any atom is 0.330 e. The van der Waals surface area contributed by atoms with E-state index in [0.29, 0.717) is 23.5 Å². The third kappa shape index (κ3) is 3.71. The quantitative estimate of drug-likeness (QED) is 0.513. The monoisotopic (exact) mass is 404 g/mol. The third-order valence-corrected chi connectivity index (χ3v) is 4.97. The van der Waals surface area contributed by atoms with E-state index in [1.807, 2.05) is 30.3 Å². The summed E-state index contributed by atoms with van der Waals surface area (Å²) in [5.74, 6) is -0.104. The van der Waals surface area contributed by atoms with Crippen LogP contribution in [0, 0.1) is 5.82 Å². The summed E-state index contributed by atoms with van der Waals surface area (Å²) < 4.78 is 15.9. The van der Waals surface area contributed by atoms with E-state index in [1.165, 1.54) is 26.2 Å². The number of rotatable bonds is 5. The SMILES string of the molecule is CN(Cc1ccc([18F])cc1)C(=O)Cn1c(=O)n(C)c2cnc(-c3ccccc3)nc21. The van der Waals surface area contributed by atoms with Crippen molar-refractivity contribution in [3.8, 4) is 11.4 Å². The number of aryl methyl sites for hydroxylation is 1. The van der Waals surface area contributed by atoms with Gasteiger partial charge < -0.3 is 4.90 Å². The van der Waals surface area contributed by atoms with E-state index in [2.05, 4.69) is 9.97 Å². The van der Waals surface area contributed by atoms with Gasteiger partial charge in [-0.3, -0.25) is 13.9 Å². The van der Waals surface area contributed by atoms with Crippen LogP contribution >= 0.6 is 0 Å². The van der Waals surface area contributed by atoms with E-state index >= 15 is 0 Å². The molecule has 1 amide bonds. The van der Waals surface area contributed by atoms with E-state index < -0.39 is 0 Å². The Labute approximate surface area is 172 Å². The first-order valence-corrected chi connectivity index (χ1v) is 9.40. The highest BCUT2D eigenvalue weighted by Gasteiger charge is 2.18. The number of aromatic nitrogens is 4. The van der Waals surface area contributed by atoms with Gasteiger partial charge in [0.2, 0.25) is 5.91 Å². The van der Waals surface area contributed by atoms with Crippen molar-refractivity contribution in [1.29, 1.82) is 0 Å². The number of hydrogen-bond donors (Lipinski definition) is 0. The number of likely N-dealkylation sites (N-methyl/N-ethyl adjacent to an activating group) is 1. The van der Waals surface area contributed by atoms with Gasteiger partial charge in [-0.05, 0) is 17.7 Å². The van der Waals surface area contributed by atoms with Crippen LogP contribution in [-0.2, 0) is 24.9 Å². The minimum atomic E-state index is -0.340. The zero-order chi connectivity index (χ0) is 21.3. The molecule has 0 saturated carbocycles. The molecule has 2 aromatic heterocycles. The zero-order valence-corrected chi connectivity index (χ0v) is 16.6. The first kappa shape index (κ1) is 19.5. The second-order valence-electron chi connectivity index (χ2n) is 7.07. The van der Waals surface area contributed by atoms with Gasteiger partial charge in [0.05, 0.1) is 6.20 Å². The molecule has 0 fully saturated rings. The second-order valence-corrected chi connectivity index (χ2v) is 7.07. The molecule has 4 aromatic rings. The third-order valence-electron chi connectivity index (χ3n) is 4.97. The van der Waals surface area contributed by atoms with Crippen molar-refractivity contribution in [2.24, 2.45) is 7.05 Å². The molecule has 0 atom stereocenters. The van der Waals surface area contributed by atoms with Gasteiger partial charge in [-0.15, -0.1) is 0 Å². The van der Waals surface area contributed by atoms with Gasteiger partial charge in [0.25, 0.3) is 0 Å². The van der Waals surface area contributed by atoms with Crippen LogP contribution in [0.1, 0.15) is 5.56 Å². The molecule has 7 nitrogen and oxygen atoms in total. The van der Waals surface area contributed by atoms with Crippen molar-refractivity contribution < 1.29 is 9.18 Å². The summed E-state index contributed by atoms with van der Waals surface area (Å²) in [6.07, 6.45) is 1.59. The largest absolute Gasteiger partial charge is 0.340 e. The summed E-state index contributed by atoms with van der Waals surface area (Å²) >= 11 is 0. The first-order chi connectivity index (χ1) is 14.4. The molecule has 4 rings (SSSR count). The molecule has 0 radical (unpaired) electrons. The van der Waals surface area contributed by atoms with Gasteiger partial charge in [0.15, 0.2) is 11.5 Å². The summed E-state index contributed by atoms with van der Waals surface area (Å²) in [6, 6.07) is 15.4. The lowest BCUT2D eigenvalue weighted by atomic mass is 10.2. The highest BCUT2D eigenvalue weighted by molar-refractivity contribution is 5.79. The van der Waals surface area contributed by atoms with Crippen LogP contribution in [0.15, 0.2) is 65.6 Å². The first-order valence-electron chi connectivity index (χ1n) is 9.40. The van der Waals surface area contributed by atoms with Crippen LogP contribution in [0.25, 0.3) is 22.6 Å². The number of hydrogen-bond acceptors (Lipinski definition) is 4. The minimum Gasteiger partial charge on any atom is -0.340 e. The van der Waals surface area contributed by atoms with E-state index in [4.69, 9.17) is 0 Å². The van der Waals surface area contributed by atoms with Crippen molar-refractivity contribution in [3.05, 3.63) is 82.7 Å². The number of benzene rings is 2. The Morgan fingerprint density at radius 1 is 1.10 bits per heavy atom. The number of halogens is 1. The maximum absolute atomic E-state index is 13.1. The van der Waals surface area contributed by atoms with Crippen LogP contribution in [0.2, 0.25) is 0 Å². The van der Waals surface area contributed by atoms with Gasteiger partial charge in [0, 0.05) is 26.2 Å². The number of carbonyl (C=O) groups is 1. The number of amides is 1. The number of carbonyl (C=O) groups excluding carboxylic acids is 1. The molecular formula is C22H20FN5O2.